The topological polar surface area (TPSA) is 34.6 Å². The average molecular weight is 233 g/mol. The third kappa shape index (κ3) is 2.08. The summed E-state index contributed by atoms with van der Waals surface area (Å²) in [6.07, 6.45) is 2.09. The Morgan fingerprint density at radius 2 is 2.31 bits per heavy atom. The molecule has 1 saturated heterocycles. The second kappa shape index (κ2) is 4.23. The molecule has 0 radical (unpaired) electrons. The highest BCUT2D eigenvalue weighted by atomic mass is 32.1. The van der Waals surface area contributed by atoms with E-state index in [9.17, 15) is 0 Å². The molecule has 4 heteroatoms. The minimum atomic E-state index is 0.282. The number of rotatable bonds is 4. The number of para-hydroxylation sites is 1. The Labute approximate surface area is 97.7 Å². The van der Waals surface area contributed by atoms with Crippen LogP contribution < -0.4 is 4.74 Å². The summed E-state index contributed by atoms with van der Waals surface area (Å²) >= 11 is 1.62. The molecule has 0 bridgehead atoms. The first-order valence-corrected chi connectivity index (χ1v) is 6.05. The van der Waals surface area contributed by atoms with E-state index in [-0.39, 0.29) is 6.10 Å². The predicted molar refractivity (Wildman–Crippen MR) is 62.8 cm³/mol. The van der Waals surface area contributed by atoms with E-state index in [0.717, 1.165) is 22.9 Å². The van der Waals surface area contributed by atoms with Gasteiger partial charge in [0.15, 0.2) is 0 Å². The number of benzene rings is 1. The van der Waals surface area contributed by atoms with Gasteiger partial charge in [-0.1, -0.05) is 12.1 Å². The van der Waals surface area contributed by atoms with E-state index in [1.54, 1.807) is 17.5 Å². The lowest BCUT2D eigenvalue weighted by atomic mass is 10.2. The van der Waals surface area contributed by atoms with E-state index in [4.69, 9.17) is 9.47 Å². The van der Waals surface area contributed by atoms with Crippen molar-refractivity contribution in [3.05, 3.63) is 35.8 Å². The number of nitrogens with zero attached hydrogens (tertiary/aromatic N) is 1. The summed E-state index contributed by atoms with van der Waals surface area (Å²) in [7, 11) is 0. The normalized spacial score (nSPS) is 18.4. The minimum absolute atomic E-state index is 0.282. The number of epoxide rings is 1. The van der Waals surface area contributed by atoms with Gasteiger partial charge in [0.2, 0.25) is 0 Å². The Balaban J connectivity index is 1.85. The van der Waals surface area contributed by atoms with Gasteiger partial charge in [0.1, 0.15) is 23.5 Å². The van der Waals surface area contributed by atoms with E-state index < -0.39 is 0 Å². The van der Waals surface area contributed by atoms with Crippen LogP contribution in [-0.2, 0) is 4.74 Å². The van der Waals surface area contributed by atoms with Crippen LogP contribution in [0.4, 0.5) is 0 Å². The Morgan fingerprint density at radius 3 is 3.06 bits per heavy atom. The van der Waals surface area contributed by atoms with Crippen molar-refractivity contribution in [1.82, 2.24) is 4.98 Å². The molecular weight excluding hydrogens is 222 g/mol. The molecule has 0 amide bonds. The van der Waals surface area contributed by atoms with Crippen LogP contribution >= 0.6 is 11.3 Å². The summed E-state index contributed by atoms with van der Waals surface area (Å²) < 4.78 is 10.8. The van der Waals surface area contributed by atoms with Gasteiger partial charge in [-0.2, -0.15) is 0 Å². The Morgan fingerprint density at radius 1 is 1.44 bits per heavy atom. The minimum Gasteiger partial charge on any atom is -0.490 e. The van der Waals surface area contributed by atoms with Crippen LogP contribution in [0.15, 0.2) is 35.8 Å². The van der Waals surface area contributed by atoms with Gasteiger partial charge in [0.25, 0.3) is 0 Å². The molecule has 1 aromatic heterocycles. The maximum atomic E-state index is 5.73. The van der Waals surface area contributed by atoms with Crippen molar-refractivity contribution in [3.8, 4) is 16.3 Å². The molecule has 2 aromatic rings. The Bertz CT molecular complexity index is 466. The summed E-state index contributed by atoms with van der Waals surface area (Å²) in [6, 6.07) is 7.97. The maximum absolute atomic E-state index is 5.73. The molecule has 0 saturated carbocycles. The zero-order valence-corrected chi connectivity index (χ0v) is 9.44. The van der Waals surface area contributed by atoms with Crippen LogP contribution in [0.2, 0.25) is 0 Å². The van der Waals surface area contributed by atoms with Crippen molar-refractivity contribution < 1.29 is 9.47 Å². The largest absolute Gasteiger partial charge is 0.490 e. The van der Waals surface area contributed by atoms with E-state index in [2.05, 4.69) is 4.98 Å². The summed E-state index contributed by atoms with van der Waals surface area (Å²) in [5.41, 5.74) is 1.05. The fourth-order valence-corrected chi connectivity index (χ4v) is 2.14. The molecule has 1 unspecified atom stereocenters. The Kier molecular flexibility index (Phi) is 2.60. The molecule has 0 N–H and O–H groups in total. The summed E-state index contributed by atoms with van der Waals surface area (Å²) in [4.78, 5) is 4.30. The lowest BCUT2D eigenvalue weighted by Crippen LogP contribution is -2.04. The van der Waals surface area contributed by atoms with Crippen LogP contribution in [0.25, 0.3) is 10.6 Å². The fourth-order valence-electron chi connectivity index (χ4n) is 1.47. The highest BCUT2D eigenvalue weighted by Crippen LogP contribution is 2.31. The summed E-state index contributed by atoms with van der Waals surface area (Å²) in [5, 5.41) is 2.96. The lowest BCUT2D eigenvalue weighted by Gasteiger charge is -2.08. The molecular formula is C12H11NO2S. The van der Waals surface area contributed by atoms with Crippen molar-refractivity contribution in [2.75, 3.05) is 13.2 Å². The highest BCUT2D eigenvalue weighted by molar-refractivity contribution is 7.13. The third-order valence-corrected chi connectivity index (χ3v) is 3.18. The molecule has 3 rings (SSSR count). The van der Waals surface area contributed by atoms with Crippen LogP contribution in [0.5, 0.6) is 5.75 Å². The smallest absolute Gasteiger partial charge is 0.129 e. The first kappa shape index (κ1) is 9.81. The maximum Gasteiger partial charge on any atom is 0.129 e. The van der Waals surface area contributed by atoms with Crippen molar-refractivity contribution in [2.45, 2.75) is 6.10 Å². The standard InChI is InChI=1S/C12H11NO2S/c1-2-4-11(15-8-9-7-14-9)10(3-1)12-13-5-6-16-12/h1-6,9H,7-8H2. The molecule has 1 fully saturated rings. The van der Waals surface area contributed by atoms with Crippen molar-refractivity contribution >= 4 is 11.3 Å². The van der Waals surface area contributed by atoms with Gasteiger partial charge >= 0.3 is 0 Å². The molecule has 1 atom stereocenters. The monoisotopic (exact) mass is 233 g/mol. The molecule has 2 heterocycles. The van der Waals surface area contributed by atoms with Crippen molar-refractivity contribution in [3.63, 3.8) is 0 Å². The molecule has 16 heavy (non-hydrogen) atoms. The highest BCUT2D eigenvalue weighted by Gasteiger charge is 2.23. The van der Waals surface area contributed by atoms with Crippen LogP contribution in [0.1, 0.15) is 0 Å². The second-order valence-electron chi connectivity index (χ2n) is 3.60. The quantitative estimate of drug-likeness (QED) is 0.761. The van der Waals surface area contributed by atoms with E-state index in [1.807, 2.05) is 29.6 Å². The molecule has 1 aliphatic rings. The van der Waals surface area contributed by atoms with Gasteiger partial charge in [-0.15, -0.1) is 11.3 Å². The molecule has 1 aliphatic heterocycles. The first-order chi connectivity index (χ1) is 7.93. The van der Waals surface area contributed by atoms with Crippen LogP contribution in [-0.4, -0.2) is 24.3 Å². The average Bonchev–Trinajstić information content (AvgIpc) is 3.00. The number of hydrogen-bond donors (Lipinski definition) is 0. The number of ether oxygens (including phenoxy) is 2. The van der Waals surface area contributed by atoms with Crippen molar-refractivity contribution in [1.29, 1.82) is 0 Å². The molecule has 0 aliphatic carbocycles. The Hall–Kier alpha value is -1.39. The third-order valence-electron chi connectivity index (χ3n) is 2.38. The summed E-state index contributed by atoms with van der Waals surface area (Å²) in [6.45, 7) is 1.45. The fraction of sp³-hybridized carbons (Fsp3) is 0.250. The van der Waals surface area contributed by atoms with E-state index in [1.165, 1.54) is 0 Å². The van der Waals surface area contributed by atoms with Gasteiger partial charge in [0, 0.05) is 11.6 Å². The van der Waals surface area contributed by atoms with Gasteiger partial charge in [-0.25, -0.2) is 4.98 Å². The van der Waals surface area contributed by atoms with Gasteiger partial charge in [-0.05, 0) is 12.1 Å². The molecule has 1 aromatic carbocycles. The van der Waals surface area contributed by atoms with Gasteiger partial charge in [-0.3, -0.25) is 0 Å². The molecule has 0 spiro atoms. The van der Waals surface area contributed by atoms with Gasteiger partial charge < -0.3 is 9.47 Å². The predicted octanol–water partition coefficient (Wildman–Crippen LogP) is 2.59. The van der Waals surface area contributed by atoms with E-state index >= 15 is 0 Å². The summed E-state index contributed by atoms with van der Waals surface area (Å²) in [5.74, 6) is 0.882. The number of hydrogen-bond acceptors (Lipinski definition) is 4. The zero-order chi connectivity index (χ0) is 10.8. The molecule has 3 nitrogen and oxygen atoms in total. The SMILES string of the molecule is c1ccc(-c2nccs2)c(OCC2CO2)c1. The molecule has 82 valence electrons. The first-order valence-electron chi connectivity index (χ1n) is 5.17. The number of thiazole rings is 1. The van der Waals surface area contributed by atoms with Crippen LogP contribution in [0, 0.1) is 0 Å². The second-order valence-corrected chi connectivity index (χ2v) is 4.49. The van der Waals surface area contributed by atoms with Crippen LogP contribution in [0.3, 0.4) is 0 Å². The van der Waals surface area contributed by atoms with Gasteiger partial charge in [0.05, 0.1) is 12.2 Å². The van der Waals surface area contributed by atoms with E-state index in [0.29, 0.717) is 6.61 Å². The lowest BCUT2D eigenvalue weighted by molar-refractivity contribution is 0.264. The van der Waals surface area contributed by atoms with Crippen molar-refractivity contribution in [2.24, 2.45) is 0 Å². The number of aromatic nitrogens is 1. The zero-order valence-electron chi connectivity index (χ0n) is 8.63.